The predicted octanol–water partition coefficient (Wildman–Crippen LogP) is 3.24. The fourth-order valence-corrected chi connectivity index (χ4v) is 1.06. The highest BCUT2D eigenvalue weighted by atomic mass is 19.4. The molecule has 0 aromatic heterocycles. The SMILES string of the molecule is O=C(O)C(F)=Cc1ccc(F)c(C(F)(F)F)c1. The molecule has 0 radical (unpaired) electrons. The van der Waals surface area contributed by atoms with Crippen LogP contribution < -0.4 is 0 Å². The van der Waals surface area contributed by atoms with Gasteiger partial charge in [-0.05, 0) is 23.8 Å². The zero-order valence-electron chi connectivity index (χ0n) is 8.05. The third-order valence-corrected chi connectivity index (χ3v) is 1.79. The minimum atomic E-state index is -4.92. The Bertz CT molecular complexity index is 476. The van der Waals surface area contributed by atoms with Crippen molar-refractivity contribution < 1.29 is 31.9 Å². The van der Waals surface area contributed by atoms with Crippen molar-refractivity contribution in [3.05, 3.63) is 41.0 Å². The van der Waals surface area contributed by atoms with Gasteiger partial charge in [-0.2, -0.15) is 17.6 Å². The number of hydrogen-bond donors (Lipinski definition) is 1. The lowest BCUT2D eigenvalue weighted by Crippen LogP contribution is -2.08. The Morgan fingerprint density at radius 3 is 2.35 bits per heavy atom. The maximum Gasteiger partial charge on any atom is 0.419 e. The molecule has 0 fully saturated rings. The second kappa shape index (κ2) is 4.52. The Balaban J connectivity index is 3.23. The van der Waals surface area contributed by atoms with Gasteiger partial charge >= 0.3 is 12.1 Å². The highest BCUT2D eigenvalue weighted by Gasteiger charge is 2.34. The molecule has 0 saturated carbocycles. The number of carboxylic acid groups (broad SMARTS) is 1. The Labute approximate surface area is 92.0 Å². The molecule has 1 aromatic carbocycles. The van der Waals surface area contributed by atoms with E-state index in [0.29, 0.717) is 18.2 Å². The average molecular weight is 252 g/mol. The summed E-state index contributed by atoms with van der Waals surface area (Å²) in [7, 11) is 0. The van der Waals surface area contributed by atoms with Crippen LogP contribution in [0.25, 0.3) is 6.08 Å². The van der Waals surface area contributed by atoms with E-state index >= 15 is 0 Å². The van der Waals surface area contributed by atoms with Gasteiger partial charge < -0.3 is 5.11 Å². The van der Waals surface area contributed by atoms with Crippen LogP contribution in [0.2, 0.25) is 0 Å². The average Bonchev–Trinajstić information content (AvgIpc) is 2.19. The van der Waals surface area contributed by atoms with Crippen LogP contribution in [0.3, 0.4) is 0 Å². The van der Waals surface area contributed by atoms with Gasteiger partial charge in [0, 0.05) is 0 Å². The van der Waals surface area contributed by atoms with Crippen LogP contribution in [0, 0.1) is 5.82 Å². The first-order chi connectivity index (χ1) is 7.71. The van der Waals surface area contributed by atoms with E-state index in [-0.39, 0.29) is 0 Å². The second-order valence-corrected chi connectivity index (χ2v) is 3.03. The Kier molecular flexibility index (Phi) is 3.50. The number of benzene rings is 1. The highest BCUT2D eigenvalue weighted by molar-refractivity contribution is 5.89. The summed E-state index contributed by atoms with van der Waals surface area (Å²) < 4.78 is 62.2. The molecule has 0 aliphatic rings. The number of halogens is 5. The van der Waals surface area contributed by atoms with E-state index in [4.69, 9.17) is 5.11 Å². The highest BCUT2D eigenvalue weighted by Crippen LogP contribution is 2.32. The Morgan fingerprint density at radius 2 is 1.88 bits per heavy atom. The third-order valence-electron chi connectivity index (χ3n) is 1.79. The first-order valence-corrected chi connectivity index (χ1v) is 4.19. The number of alkyl halides is 3. The van der Waals surface area contributed by atoms with Gasteiger partial charge in [0.05, 0.1) is 5.56 Å². The van der Waals surface area contributed by atoms with Crippen molar-refractivity contribution in [3.8, 4) is 0 Å². The van der Waals surface area contributed by atoms with Gasteiger partial charge in [0.25, 0.3) is 0 Å². The van der Waals surface area contributed by atoms with Crippen molar-refractivity contribution >= 4 is 12.0 Å². The molecule has 1 rings (SSSR count). The van der Waals surface area contributed by atoms with Gasteiger partial charge in [-0.15, -0.1) is 0 Å². The molecule has 0 aliphatic carbocycles. The molecular weight excluding hydrogens is 247 g/mol. The lowest BCUT2D eigenvalue weighted by atomic mass is 10.1. The van der Waals surface area contributed by atoms with Crippen molar-refractivity contribution in [3.63, 3.8) is 0 Å². The van der Waals surface area contributed by atoms with Crippen LogP contribution in [0.1, 0.15) is 11.1 Å². The van der Waals surface area contributed by atoms with E-state index in [9.17, 15) is 26.7 Å². The lowest BCUT2D eigenvalue weighted by molar-refractivity contribution is -0.140. The lowest BCUT2D eigenvalue weighted by Gasteiger charge is -2.08. The van der Waals surface area contributed by atoms with E-state index in [1.807, 2.05) is 0 Å². The molecule has 2 nitrogen and oxygen atoms in total. The van der Waals surface area contributed by atoms with Crippen LogP contribution in [-0.4, -0.2) is 11.1 Å². The Morgan fingerprint density at radius 1 is 1.29 bits per heavy atom. The van der Waals surface area contributed by atoms with Crippen molar-refractivity contribution in [2.24, 2.45) is 0 Å². The van der Waals surface area contributed by atoms with Gasteiger partial charge in [-0.25, -0.2) is 9.18 Å². The number of carbonyl (C=O) groups is 1. The van der Waals surface area contributed by atoms with E-state index in [1.54, 1.807) is 0 Å². The van der Waals surface area contributed by atoms with Gasteiger partial charge in [-0.3, -0.25) is 0 Å². The maximum atomic E-state index is 12.8. The predicted molar refractivity (Wildman–Crippen MR) is 48.1 cm³/mol. The molecule has 0 amide bonds. The molecule has 0 aliphatic heterocycles. The molecule has 0 bridgehead atoms. The summed E-state index contributed by atoms with van der Waals surface area (Å²) in [6.07, 6.45) is -4.55. The van der Waals surface area contributed by atoms with Crippen molar-refractivity contribution in [2.75, 3.05) is 0 Å². The van der Waals surface area contributed by atoms with E-state index < -0.39 is 34.9 Å². The quantitative estimate of drug-likeness (QED) is 0.648. The smallest absolute Gasteiger partial charge is 0.419 e. The largest absolute Gasteiger partial charge is 0.476 e. The van der Waals surface area contributed by atoms with Gasteiger partial charge in [0.2, 0.25) is 5.83 Å². The topological polar surface area (TPSA) is 37.3 Å². The van der Waals surface area contributed by atoms with Crippen molar-refractivity contribution in [1.82, 2.24) is 0 Å². The normalized spacial score (nSPS) is 12.6. The van der Waals surface area contributed by atoms with Crippen molar-refractivity contribution in [1.29, 1.82) is 0 Å². The first-order valence-electron chi connectivity index (χ1n) is 4.19. The van der Waals surface area contributed by atoms with E-state index in [1.165, 1.54) is 0 Å². The van der Waals surface area contributed by atoms with Crippen LogP contribution in [0.4, 0.5) is 22.0 Å². The summed E-state index contributed by atoms with van der Waals surface area (Å²) in [5.41, 5.74) is -1.97. The van der Waals surface area contributed by atoms with Crippen LogP contribution >= 0.6 is 0 Å². The molecule has 1 aromatic rings. The summed E-state index contributed by atoms with van der Waals surface area (Å²) >= 11 is 0. The third kappa shape index (κ3) is 3.27. The summed E-state index contributed by atoms with van der Waals surface area (Å²) in [4.78, 5) is 10.1. The van der Waals surface area contributed by atoms with Crippen LogP contribution in [-0.2, 0) is 11.0 Å². The Hall–Kier alpha value is -1.92. The van der Waals surface area contributed by atoms with E-state index in [0.717, 1.165) is 6.07 Å². The zero-order chi connectivity index (χ0) is 13.2. The van der Waals surface area contributed by atoms with Gasteiger partial charge in [-0.1, -0.05) is 6.07 Å². The molecule has 0 spiro atoms. The van der Waals surface area contributed by atoms with Crippen LogP contribution in [0.15, 0.2) is 24.0 Å². The first kappa shape index (κ1) is 13.1. The molecule has 0 saturated heterocycles. The minimum Gasteiger partial charge on any atom is -0.476 e. The van der Waals surface area contributed by atoms with Crippen molar-refractivity contribution in [2.45, 2.75) is 6.18 Å². The molecular formula is C10H5F5O2. The van der Waals surface area contributed by atoms with Gasteiger partial charge in [0.15, 0.2) is 0 Å². The van der Waals surface area contributed by atoms with Gasteiger partial charge in [0.1, 0.15) is 5.82 Å². The number of aliphatic carboxylic acids is 1. The van der Waals surface area contributed by atoms with Crippen LogP contribution in [0.5, 0.6) is 0 Å². The number of rotatable bonds is 2. The number of hydrogen-bond acceptors (Lipinski definition) is 1. The molecule has 0 atom stereocenters. The molecule has 7 heteroatoms. The fraction of sp³-hybridized carbons (Fsp3) is 0.100. The standard InChI is InChI=1S/C10H5F5O2/c11-7-2-1-5(4-8(12)9(16)17)3-6(7)10(13,14)15/h1-4H,(H,16,17). The summed E-state index contributed by atoms with van der Waals surface area (Å²) in [5.74, 6) is -5.06. The summed E-state index contributed by atoms with van der Waals surface area (Å²) in [6.45, 7) is 0. The zero-order valence-corrected chi connectivity index (χ0v) is 8.05. The monoisotopic (exact) mass is 252 g/mol. The molecule has 17 heavy (non-hydrogen) atoms. The molecule has 0 unspecified atom stereocenters. The second-order valence-electron chi connectivity index (χ2n) is 3.03. The summed E-state index contributed by atoms with van der Waals surface area (Å²) in [6, 6.07) is 1.66. The molecule has 1 N–H and O–H groups in total. The fourth-order valence-electron chi connectivity index (χ4n) is 1.06. The molecule has 92 valence electrons. The maximum absolute atomic E-state index is 12.8. The summed E-state index contributed by atoms with van der Waals surface area (Å²) in [5, 5.41) is 8.19. The molecule has 0 heterocycles. The minimum absolute atomic E-state index is 0.331. The van der Waals surface area contributed by atoms with E-state index in [2.05, 4.69) is 0 Å². The number of carboxylic acids is 1.